The van der Waals surface area contributed by atoms with Crippen LogP contribution in [-0.4, -0.2) is 39.8 Å². The van der Waals surface area contributed by atoms with Gasteiger partial charge in [0, 0.05) is 32.4 Å². The second-order valence-electron chi connectivity index (χ2n) is 5.67. The van der Waals surface area contributed by atoms with E-state index in [4.69, 9.17) is 4.74 Å². The van der Waals surface area contributed by atoms with Gasteiger partial charge in [-0.25, -0.2) is 0 Å². The fraction of sp³-hybridized carbons (Fsp3) is 0.350. The fourth-order valence-electron chi connectivity index (χ4n) is 2.42. The summed E-state index contributed by atoms with van der Waals surface area (Å²) in [5, 5.41) is 10.1. The van der Waals surface area contributed by atoms with E-state index in [1.54, 1.807) is 14.2 Å². The lowest BCUT2D eigenvalue weighted by Gasteiger charge is -2.12. The van der Waals surface area contributed by atoms with Crippen LogP contribution in [-0.2, 0) is 6.42 Å². The highest BCUT2D eigenvalue weighted by atomic mass is 127. The molecule has 0 aliphatic heterocycles. The van der Waals surface area contributed by atoms with Crippen molar-refractivity contribution in [2.45, 2.75) is 12.8 Å². The van der Waals surface area contributed by atoms with E-state index >= 15 is 0 Å². The summed E-state index contributed by atoms with van der Waals surface area (Å²) in [6.45, 7) is 2.65. The minimum atomic E-state index is 0. The molecule has 0 aliphatic carbocycles. The number of guanidine groups is 1. The number of aliphatic imine (C=N–C) groups is 1. The van der Waals surface area contributed by atoms with Gasteiger partial charge >= 0.3 is 0 Å². The largest absolute Gasteiger partial charge is 0.497 e. The second-order valence-corrected chi connectivity index (χ2v) is 5.67. The number of rotatable bonds is 9. The molecule has 0 fully saturated rings. The Kier molecular flexibility index (Phi) is 11.3. The average molecular weight is 468 g/mol. The number of hydrogen-bond acceptors (Lipinski definition) is 3. The number of anilines is 1. The number of para-hydroxylation sites is 1. The first-order chi connectivity index (χ1) is 12.3. The minimum absolute atomic E-state index is 0. The number of ether oxygens (including phenoxy) is 1. The molecule has 3 N–H and O–H groups in total. The zero-order chi connectivity index (χ0) is 17.7. The highest BCUT2D eigenvalue weighted by Gasteiger charge is 1.98. The molecular weight excluding hydrogens is 439 g/mol. The van der Waals surface area contributed by atoms with Gasteiger partial charge in [0.2, 0.25) is 0 Å². The van der Waals surface area contributed by atoms with E-state index < -0.39 is 0 Å². The molecule has 6 heteroatoms. The van der Waals surface area contributed by atoms with Crippen molar-refractivity contribution in [2.24, 2.45) is 4.99 Å². The molecule has 0 heterocycles. The van der Waals surface area contributed by atoms with Gasteiger partial charge in [-0.2, -0.15) is 0 Å². The maximum atomic E-state index is 5.17. The van der Waals surface area contributed by atoms with Crippen molar-refractivity contribution in [3.8, 4) is 5.75 Å². The molecule has 0 unspecified atom stereocenters. The smallest absolute Gasteiger partial charge is 0.190 e. The third-order valence-corrected chi connectivity index (χ3v) is 3.84. The number of nitrogens with zero attached hydrogens (tertiary/aromatic N) is 1. The van der Waals surface area contributed by atoms with Crippen LogP contribution in [0.3, 0.4) is 0 Å². The zero-order valence-electron chi connectivity index (χ0n) is 15.5. The topological polar surface area (TPSA) is 57.7 Å². The summed E-state index contributed by atoms with van der Waals surface area (Å²) < 4.78 is 5.17. The third-order valence-electron chi connectivity index (χ3n) is 3.84. The van der Waals surface area contributed by atoms with E-state index in [0.717, 1.165) is 49.9 Å². The Morgan fingerprint density at radius 3 is 2.27 bits per heavy atom. The van der Waals surface area contributed by atoms with Crippen molar-refractivity contribution in [3.63, 3.8) is 0 Å². The second kappa shape index (κ2) is 13.3. The molecule has 0 radical (unpaired) electrons. The van der Waals surface area contributed by atoms with Gasteiger partial charge in [0.1, 0.15) is 5.75 Å². The first-order valence-electron chi connectivity index (χ1n) is 8.68. The Morgan fingerprint density at radius 2 is 1.62 bits per heavy atom. The first-order valence-corrected chi connectivity index (χ1v) is 8.68. The number of halogens is 1. The molecule has 0 saturated carbocycles. The van der Waals surface area contributed by atoms with Gasteiger partial charge in [0.05, 0.1) is 7.11 Å². The van der Waals surface area contributed by atoms with Crippen molar-refractivity contribution in [1.29, 1.82) is 0 Å². The molecule has 0 bridgehead atoms. The third kappa shape index (κ3) is 8.42. The molecule has 26 heavy (non-hydrogen) atoms. The Morgan fingerprint density at radius 1 is 0.923 bits per heavy atom. The molecule has 2 rings (SSSR count). The Hall–Kier alpha value is -1.96. The number of hydrogen-bond donors (Lipinski definition) is 3. The quantitative estimate of drug-likeness (QED) is 0.228. The molecule has 0 spiro atoms. The summed E-state index contributed by atoms with van der Waals surface area (Å²) in [5.41, 5.74) is 2.43. The van der Waals surface area contributed by atoms with Gasteiger partial charge in [-0.15, -0.1) is 24.0 Å². The lowest BCUT2D eigenvalue weighted by molar-refractivity contribution is 0.414. The first kappa shape index (κ1) is 22.1. The number of benzene rings is 2. The van der Waals surface area contributed by atoms with E-state index in [2.05, 4.69) is 45.2 Å². The fourth-order valence-corrected chi connectivity index (χ4v) is 2.42. The van der Waals surface area contributed by atoms with Gasteiger partial charge in [0.15, 0.2) is 5.96 Å². The van der Waals surface area contributed by atoms with Crippen LogP contribution < -0.4 is 20.7 Å². The summed E-state index contributed by atoms with van der Waals surface area (Å²) in [6.07, 6.45) is 1.97. The SMILES string of the molecule is CN=C(NCCCNc1ccccc1)NCCc1ccc(OC)cc1.I. The highest BCUT2D eigenvalue weighted by molar-refractivity contribution is 14.0. The Balaban J connectivity index is 0.00000338. The van der Waals surface area contributed by atoms with E-state index in [-0.39, 0.29) is 24.0 Å². The van der Waals surface area contributed by atoms with E-state index in [9.17, 15) is 0 Å². The minimum Gasteiger partial charge on any atom is -0.497 e. The molecule has 0 aromatic heterocycles. The Bertz CT molecular complexity index is 632. The van der Waals surface area contributed by atoms with Crippen molar-refractivity contribution in [3.05, 3.63) is 60.2 Å². The summed E-state index contributed by atoms with van der Waals surface area (Å²) in [5.74, 6) is 1.73. The average Bonchev–Trinajstić information content (AvgIpc) is 2.67. The van der Waals surface area contributed by atoms with Gasteiger partial charge in [-0.1, -0.05) is 30.3 Å². The van der Waals surface area contributed by atoms with Crippen LogP contribution in [0, 0.1) is 0 Å². The van der Waals surface area contributed by atoms with Crippen molar-refractivity contribution in [1.82, 2.24) is 10.6 Å². The molecule has 0 aliphatic rings. The van der Waals surface area contributed by atoms with Crippen molar-refractivity contribution >= 4 is 35.6 Å². The summed E-state index contributed by atoms with van der Waals surface area (Å²) in [4.78, 5) is 4.26. The zero-order valence-corrected chi connectivity index (χ0v) is 17.8. The summed E-state index contributed by atoms with van der Waals surface area (Å²) in [7, 11) is 3.48. The summed E-state index contributed by atoms with van der Waals surface area (Å²) >= 11 is 0. The van der Waals surface area contributed by atoms with Crippen LogP contribution in [0.25, 0.3) is 0 Å². The number of nitrogens with one attached hydrogen (secondary N) is 3. The van der Waals surface area contributed by atoms with Crippen LogP contribution >= 0.6 is 24.0 Å². The monoisotopic (exact) mass is 468 g/mol. The van der Waals surface area contributed by atoms with Crippen LogP contribution in [0.15, 0.2) is 59.6 Å². The van der Waals surface area contributed by atoms with Crippen LogP contribution in [0.4, 0.5) is 5.69 Å². The molecule has 5 nitrogen and oxygen atoms in total. The normalized spacial score (nSPS) is 10.6. The standard InChI is InChI=1S/C20H28N4O.HI/c1-21-20(23-15-6-14-22-18-7-4-3-5-8-18)24-16-13-17-9-11-19(25-2)12-10-17;/h3-5,7-12,22H,6,13-16H2,1-2H3,(H2,21,23,24);1H. The lowest BCUT2D eigenvalue weighted by Crippen LogP contribution is -2.39. The van der Waals surface area contributed by atoms with Gasteiger partial charge in [0.25, 0.3) is 0 Å². The van der Waals surface area contributed by atoms with E-state index in [1.165, 1.54) is 5.56 Å². The van der Waals surface area contributed by atoms with Crippen LogP contribution in [0.2, 0.25) is 0 Å². The molecule has 0 saturated heterocycles. The van der Waals surface area contributed by atoms with Crippen LogP contribution in [0.1, 0.15) is 12.0 Å². The maximum Gasteiger partial charge on any atom is 0.190 e. The van der Waals surface area contributed by atoms with E-state index in [0.29, 0.717) is 0 Å². The molecule has 0 amide bonds. The highest BCUT2D eigenvalue weighted by Crippen LogP contribution is 2.11. The predicted molar refractivity (Wildman–Crippen MR) is 121 cm³/mol. The predicted octanol–water partition coefficient (Wildman–Crippen LogP) is 3.52. The molecule has 2 aromatic rings. The van der Waals surface area contributed by atoms with Gasteiger partial charge in [-0.05, 0) is 42.7 Å². The van der Waals surface area contributed by atoms with E-state index in [1.807, 2.05) is 30.3 Å². The van der Waals surface area contributed by atoms with Crippen molar-refractivity contribution in [2.75, 3.05) is 39.1 Å². The van der Waals surface area contributed by atoms with Crippen molar-refractivity contribution < 1.29 is 4.74 Å². The molecule has 142 valence electrons. The Labute approximate surface area is 173 Å². The number of methoxy groups -OCH3 is 1. The molecule has 2 aromatic carbocycles. The van der Waals surface area contributed by atoms with Crippen LogP contribution in [0.5, 0.6) is 5.75 Å². The lowest BCUT2D eigenvalue weighted by atomic mass is 10.1. The van der Waals surface area contributed by atoms with Gasteiger partial charge in [-0.3, -0.25) is 4.99 Å². The summed E-state index contributed by atoms with van der Waals surface area (Å²) in [6, 6.07) is 18.4. The molecular formula is C20H29IN4O. The van der Waals surface area contributed by atoms with Gasteiger partial charge < -0.3 is 20.7 Å². The maximum absolute atomic E-state index is 5.17. The molecule has 0 atom stereocenters.